The number of thioether (sulfide) groups is 1. The molecule has 0 saturated heterocycles. The van der Waals surface area contributed by atoms with Gasteiger partial charge in [-0.2, -0.15) is 0 Å². The van der Waals surface area contributed by atoms with Gasteiger partial charge in [0.25, 0.3) is 0 Å². The Morgan fingerprint density at radius 2 is 2.53 bits per heavy atom. The van der Waals surface area contributed by atoms with Crippen LogP contribution in [0.3, 0.4) is 0 Å². The van der Waals surface area contributed by atoms with Crippen molar-refractivity contribution in [3.8, 4) is 0 Å². The Labute approximate surface area is 107 Å². The van der Waals surface area contributed by atoms with Crippen LogP contribution in [0.25, 0.3) is 0 Å². The van der Waals surface area contributed by atoms with Crippen molar-refractivity contribution >= 4 is 16.9 Å². The van der Waals surface area contributed by atoms with Gasteiger partial charge in [-0.3, -0.25) is 4.99 Å². The van der Waals surface area contributed by atoms with E-state index in [0.29, 0.717) is 11.3 Å². The average molecular weight is 252 g/mol. The van der Waals surface area contributed by atoms with E-state index in [1.165, 1.54) is 6.42 Å². The van der Waals surface area contributed by atoms with Gasteiger partial charge in [-0.15, -0.1) is 0 Å². The molecule has 0 radical (unpaired) electrons. The average Bonchev–Trinajstić information content (AvgIpc) is 2.97. The minimum atomic E-state index is 0.446. The van der Waals surface area contributed by atoms with Crippen LogP contribution in [-0.4, -0.2) is 23.0 Å². The molecule has 0 spiro atoms. The predicted molar refractivity (Wildman–Crippen MR) is 73.6 cm³/mol. The van der Waals surface area contributed by atoms with Gasteiger partial charge in [-0.1, -0.05) is 18.7 Å². The fourth-order valence-corrected chi connectivity index (χ4v) is 2.86. The summed E-state index contributed by atoms with van der Waals surface area (Å²) in [4.78, 5) is 4.52. The van der Waals surface area contributed by atoms with Crippen molar-refractivity contribution in [3.63, 3.8) is 0 Å². The molecule has 0 amide bonds. The van der Waals surface area contributed by atoms with Crippen molar-refractivity contribution in [2.24, 2.45) is 4.99 Å². The van der Waals surface area contributed by atoms with Crippen LogP contribution in [0.1, 0.15) is 32.4 Å². The Balaban J connectivity index is 1.69. The molecule has 2 rings (SSSR count). The molecular weight excluding hydrogens is 232 g/mol. The third-order valence-corrected chi connectivity index (χ3v) is 4.23. The van der Waals surface area contributed by atoms with Gasteiger partial charge in [0.05, 0.1) is 12.8 Å². The van der Waals surface area contributed by atoms with Crippen LogP contribution < -0.4 is 5.32 Å². The number of hydrogen-bond donors (Lipinski definition) is 1. The van der Waals surface area contributed by atoms with Crippen molar-refractivity contribution in [2.75, 3.05) is 6.54 Å². The summed E-state index contributed by atoms with van der Waals surface area (Å²) in [6.45, 7) is 5.39. The summed E-state index contributed by atoms with van der Waals surface area (Å²) in [6, 6.07) is 4.42. The van der Waals surface area contributed by atoms with E-state index in [-0.39, 0.29) is 0 Å². The molecule has 2 heterocycles. The van der Waals surface area contributed by atoms with Crippen LogP contribution >= 0.6 is 11.8 Å². The van der Waals surface area contributed by atoms with E-state index in [0.717, 1.165) is 30.3 Å². The highest BCUT2D eigenvalue weighted by Gasteiger charge is 2.18. The number of rotatable bonds is 5. The summed E-state index contributed by atoms with van der Waals surface area (Å²) in [5.41, 5.74) is 0. The Kier molecular flexibility index (Phi) is 4.54. The summed E-state index contributed by atoms with van der Waals surface area (Å²) >= 11 is 1.88. The fraction of sp³-hybridized carbons (Fsp3) is 0.615. The zero-order valence-electron chi connectivity index (χ0n) is 10.5. The first-order valence-electron chi connectivity index (χ1n) is 6.28. The Morgan fingerprint density at radius 3 is 3.18 bits per heavy atom. The molecule has 94 valence electrons. The van der Waals surface area contributed by atoms with E-state index in [1.807, 2.05) is 23.9 Å². The normalized spacial score (nSPS) is 21.3. The minimum absolute atomic E-state index is 0.446. The van der Waals surface area contributed by atoms with E-state index in [1.54, 1.807) is 6.26 Å². The van der Waals surface area contributed by atoms with Crippen molar-refractivity contribution in [3.05, 3.63) is 24.2 Å². The number of aryl methyl sites for hydroxylation is 1. The highest BCUT2D eigenvalue weighted by atomic mass is 32.2. The maximum atomic E-state index is 5.33. The summed E-state index contributed by atoms with van der Waals surface area (Å²) in [6.07, 6.45) is 4.98. The van der Waals surface area contributed by atoms with Crippen molar-refractivity contribution in [1.29, 1.82) is 0 Å². The molecule has 0 fully saturated rings. The molecular formula is C13H20N2OS. The number of nitrogens with one attached hydrogen (secondary N) is 1. The molecule has 0 bridgehead atoms. The molecule has 1 N–H and O–H groups in total. The molecule has 1 aromatic heterocycles. The maximum absolute atomic E-state index is 5.33. The standard InChI is InChI=1S/C13H20N2OS/c1-3-12-9-14-13(17-12)15-10(2)6-7-11-5-4-8-16-11/h4-5,8,10,12H,3,6-7,9H2,1-2H3,(H,14,15). The zero-order chi connectivity index (χ0) is 12.1. The first-order chi connectivity index (χ1) is 8.28. The molecule has 1 aromatic rings. The highest BCUT2D eigenvalue weighted by Crippen LogP contribution is 2.22. The Bertz CT molecular complexity index is 362. The fourth-order valence-electron chi connectivity index (χ4n) is 1.81. The second-order valence-electron chi connectivity index (χ2n) is 4.46. The first-order valence-corrected chi connectivity index (χ1v) is 7.16. The second-order valence-corrected chi connectivity index (χ2v) is 5.75. The second kappa shape index (κ2) is 6.15. The van der Waals surface area contributed by atoms with Gasteiger partial charge in [0.15, 0.2) is 5.17 Å². The van der Waals surface area contributed by atoms with Gasteiger partial charge >= 0.3 is 0 Å². The predicted octanol–water partition coefficient (Wildman–Crippen LogP) is 3.07. The number of furan rings is 1. The summed E-state index contributed by atoms with van der Waals surface area (Å²) < 4.78 is 5.33. The first kappa shape index (κ1) is 12.6. The molecule has 0 aromatic carbocycles. The van der Waals surface area contributed by atoms with E-state index >= 15 is 0 Å². The summed E-state index contributed by atoms with van der Waals surface area (Å²) in [5, 5.41) is 5.27. The Morgan fingerprint density at radius 1 is 1.65 bits per heavy atom. The minimum Gasteiger partial charge on any atom is -0.469 e. The van der Waals surface area contributed by atoms with Crippen molar-refractivity contribution in [2.45, 2.75) is 44.4 Å². The molecule has 2 atom stereocenters. The molecule has 0 saturated carbocycles. The van der Waals surface area contributed by atoms with Gasteiger partial charge in [0.1, 0.15) is 5.76 Å². The lowest BCUT2D eigenvalue weighted by Gasteiger charge is -2.14. The van der Waals surface area contributed by atoms with E-state index in [4.69, 9.17) is 4.42 Å². The summed E-state index contributed by atoms with van der Waals surface area (Å²) in [7, 11) is 0. The van der Waals surface area contributed by atoms with Crippen LogP contribution in [0.4, 0.5) is 0 Å². The maximum Gasteiger partial charge on any atom is 0.157 e. The quantitative estimate of drug-likeness (QED) is 0.875. The van der Waals surface area contributed by atoms with Gasteiger partial charge in [0, 0.05) is 17.7 Å². The van der Waals surface area contributed by atoms with Crippen LogP contribution in [0, 0.1) is 0 Å². The molecule has 0 aliphatic carbocycles. The topological polar surface area (TPSA) is 37.5 Å². The van der Waals surface area contributed by atoms with Gasteiger partial charge < -0.3 is 9.73 Å². The molecule has 2 unspecified atom stereocenters. The number of aliphatic imine (C=N–C) groups is 1. The van der Waals surface area contributed by atoms with Crippen LogP contribution in [0.15, 0.2) is 27.8 Å². The SMILES string of the molecule is CCC1CN=C(NC(C)CCc2ccco2)S1. The van der Waals surface area contributed by atoms with Crippen molar-refractivity contribution in [1.82, 2.24) is 5.32 Å². The lowest BCUT2D eigenvalue weighted by Crippen LogP contribution is -2.30. The molecule has 1 aliphatic heterocycles. The largest absolute Gasteiger partial charge is 0.469 e. The zero-order valence-corrected chi connectivity index (χ0v) is 11.3. The van der Waals surface area contributed by atoms with E-state index in [2.05, 4.69) is 24.2 Å². The summed E-state index contributed by atoms with van der Waals surface area (Å²) in [5.74, 6) is 1.06. The van der Waals surface area contributed by atoms with Crippen LogP contribution in [0.5, 0.6) is 0 Å². The number of hydrogen-bond acceptors (Lipinski definition) is 4. The van der Waals surface area contributed by atoms with Crippen molar-refractivity contribution < 1.29 is 4.42 Å². The smallest absolute Gasteiger partial charge is 0.157 e. The number of nitrogens with zero attached hydrogens (tertiary/aromatic N) is 1. The van der Waals surface area contributed by atoms with Crippen LogP contribution in [0.2, 0.25) is 0 Å². The van der Waals surface area contributed by atoms with E-state index < -0.39 is 0 Å². The third-order valence-electron chi connectivity index (χ3n) is 2.95. The molecule has 4 heteroatoms. The van der Waals surface area contributed by atoms with Crippen LogP contribution in [-0.2, 0) is 6.42 Å². The molecule has 3 nitrogen and oxygen atoms in total. The van der Waals surface area contributed by atoms with Gasteiger partial charge in [0.2, 0.25) is 0 Å². The third kappa shape index (κ3) is 3.80. The monoisotopic (exact) mass is 252 g/mol. The molecule has 1 aliphatic rings. The highest BCUT2D eigenvalue weighted by molar-refractivity contribution is 8.14. The molecule has 17 heavy (non-hydrogen) atoms. The van der Waals surface area contributed by atoms with Gasteiger partial charge in [-0.05, 0) is 31.9 Å². The Hall–Kier alpha value is -0.900. The lowest BCUT2D eigenvalue weighted by atomic mass is 10.1. The lowest BCUT2D eigenvalue weighted by molar-refractivity contribution is 0.483. The van der Waals surface area contributed by atoms with Gasteiger partial charge in [-0.25, -0.2) is 0 Å². The van der Waals surface area contributed by atoms with E-state index in [9.17, 15) is 0 Å². The number of amidine groups is 1.